The number of carbonyl (C=O) groups excluding carboxylic acids is 1. The number of aromatic nitrogens is 2. The number of ketones is 1. The van der Waals surface area contributed by atoms with Crippen LogP contribution in [0.1, 0.15) is 29.3 Å². The molecule has 0 fully saturated rings. The monoisotopic (exact) mass is 314 g/mol. The van der Waals surface area contributed by atoms with E-state index in [1.165, 1.54) is 6.08 Å². The number of aryl methyl sites for hydroxylation is 1. The summed E-state index contributed by atoms with van der Waals surface area (Å²) in [5, 5.41) is 12.7. The van der Waals surface area contributed by atoms with Crippen LogP contribution < -0.4 is 4.74 Å². The van der Waals surface area contributed by atoms with Crippen LogP contribution in [0.4, 0.5) is 0 Å². The minimum atomic E-state index is -0.903. The van der Waals surface area contributed by atoms with Crippen LogP contribution in [0.25, 0.3) is 6.08 Å². The predicted molar refractivity (Wildman–Crippen MR) is 85.5 cm³/mol. The molecule has 6 heteroatoms. The number of allylic oxidation sites excluding steroid dienone is 1. The quantitative estimate of drug-likeness (QED) is 0.598. The highest BCUT2D eigenvalue weighted by Crippen LogP contribution is 2.15. The van der Waals surface area contributed by atoms with Gasteiger partial charge < -0.3 is 9.84 Å². The lowest BCUT2D eigenvalue weighted by Gasteiger charge is -2.04. The van der Waals surface area contributed by atoms with E-state index in [0.717, 1.165) is 5.56 Å². The Bertz CT molecular complexity index is 719. The molecule has 0 saturated heterocycles. The van der Waals surface area contributed by atoms with Crippen molar-refractivity contribution in [1.82, 2.24) is 9.78 Å². The van der Waals surface area contributed by atoms with Crippen molar-refractivity contribution < 1.29 is 19.4 Å². The van der Waals surface area contributed by atoms with E-state index >= 15 is 0 Å². The van der Waals surface area contributed by atoms with Crippen LogP contribution in [0.2, 0.25) is 0 Å². The summed E-state index contributed by atoms with van der Waals surface area (Å²) in [5.41, 5.74) is 1.34. The lowest BCUT2D eigenvalue weighted by atomic mass is 10.1. The summed E-state index contributed by atoms with van der Waals surface area (Å²) in [6.45, 7) is 2.78. The van der Waals surface area contributed by atoms with E-state index < -0.39 is 5.97 Å². The molecule has 120 valence electrons. The van der Waals surface area contributed by atoms with Crippen LogP contribution in [0.3, 0.4) is 0 Å². The molecule has 0 spiro atoms. The van der Waals surface area contributed by atoms with Crippen molar-refractivity contribution in [2.75, 3.05) is 6.61 Å². The van der Waals surface area contributed by atoms with Gasteiger partial charge in [-0.15, -0.1) is 0 Å². The van der Waals surface area contributed by atoms with Gasteiger partial charge >= 0.3 is 5.97 Å². The molecular weight excluding hydrogens is 296 g/mol. The molecule has 0 amide bonds. The fourth-order valence-corrected chi connectivity index (χ4v) is 1.90. The average molecular weight is 314 g/mol. The summed E-state index contributed by atoms with van der Waals surface area (Å²) in [4.78, 5) is 22.5. The molecule has 1 heterocycles. The molecule has 0 unspecified atom stereocenters. The van der Waals surface area contributed by atoms with Gasteiger partial charge in [0.25, 0.3) is 0 Å². The zero-order chi connectivity index (χ0) is 16.7. The van der Waals surface area contributed by atoms with Gasteiger partial charge in [-0.05, 0) is 30.7 Å². The number of nitrogens with zero attached hydrogens (tertiary/aromatic N) is 2. The van der Waals surface area contributed by atoms with E-state index in [1.54, 1.807) is 41.4 Å². The summed E-state index contributed by atoms with van der Waals surface area (Å²) in [6, 6.07) is 7.12. The minimum absolute atomic E-state index is 0.0556. The topological polar surface area (TPSA) is 81.4 Å². The fourth-order valence-electron chi connectivity index (χ4n) is 1.90. The molecule has 0 aliphatic rings. The first-order chi connectivity index (χ1) is 11.1. The van der Waals surface area contributed by atoms with E-state index in [2.05, 4.69) is 5.10 Å². The normalized spacial score (nSPS) is 10.8. The van der Waals surface area contributed by atoms with Crippen LogP contribution in [0, 0.1) is 0 Å². The number of hydrogen-bond donors (Lipinski definition) is 1. The predicted octanol–water partition coefficient (Wildman–Crippen LogP) is 2.65. The number of ether oxygens (including phenoxy) is 1. The molecule has 0 aliphatic heterocycles. The van der Waals surface area contributed by atoms with Crippen LogP contribution in [-0.2, 0) is 11.3 Å². The molecular formula is C17H18N2O4. The Balaban J connectivity index is 1.98. The van der Waals surface area contributed by atoms with Crippen molar-refractivity contribution in [2.45, 2.75) is 19.9 Å². The first-order valence-electron chi connectivity index (χ1n) is 7.28. The summed E-state index contributed by atoms with van der Waals surface area (Å²) < 4.78 is 7.05. The van der Waals surface area contributed by atoms with Crippen LogP contribution in [0.15, 0.2) is 42.7 Å². The molecule has 0 aliphatic carbocycles. The molecule has 2 rings (SSSR count). The summed E-state index contributed by atoms with van der Waals surface area (Å²) in [5.74, 6) is -0.458. The van der Waals surface area contributed by atoms with Gasteiger partial charge in [0.15, 0.2) is 5.78 Å². The van der Waals surface area contributed by atoms with Gasteiger partial charge in [-0.2, -0.15) is 5.10 Å². The van der Waals surface area contributed by atoms with Crippen molar-refractivity contribution in [3.05, 3.63) is 53.9 Å². The number of hydrogen-bond acceptors (Lipinski definition) is 4. The number of carboxylic acid groups (broad SMARTS) is 1. The Kier molecular flexibility index (Phi) is 5.68. The second kappa shape index (κ2) is 7.93. The third-order valence-corrected chi connectivity index (χ3v) is 3.11. The van der Waals surface area contributed by atoms with Crippen LogP contribution in [0.5, 0.6) is 5.75 Å². The number of carboxylic acids is 1. The van der Waals surface area contributed by atoms with Crippen LogP contribution >= 0.6 is 0 Å². The number of rotatable bonds is 8. The van der Waals surface area contributed by atoms with Crippen molar-refractivity contribution in [3.8, 4) is 5.75 Å². The lowest BCUT2D eigenvalue weighted by molar-refractivity contribution is -0.137. The minimum Gasteiger partial charge on any atom is -0.493 e. The van der Waals surface area contributed by atoms with E-state index in [-0.39, 0.29) is 18.8 Å². The van der Waals surface area contributed by atoms with Crippen molar-refractivity contribution >= 4 is 17.8 Å². The molecule has 0 atom stereocenters. The summed E-state index contributed by atoms with van der Waals surface area (Å²) in [7, 11) is 0. The van der Waals surface area contributed by atoms with Crippen LogP contribution in [-0.4, -0.2) is 33.2 Å². The maximum Gasteiger partial charge on any atom is 0.306 e. The second-order valence-corrected chi connectivity index (χ2v) is 4.85. The Labute approximate surface area is 134 Å². The second-order valence-electron chi connectivity index (χ2n) is 4.85. The highest BCUT2D eigenvalue weighted by atomic mass is 16.5. The lowest BCUT2D eigenvalue weighted by Crippen LogP contribution is -2.04. The SMILES string of the molecule is CCn1cc(C(=O)/C=C/c2cccc(OCCC(=O)O)c2)cn1. The van der Waals surface area contributed by atoms with Gasteiger partial charge in [0.2, 0.25) is 0 Å². The molecule has 1 N–H and O–H groups in total. The zero-order valence-corrected chi connectivity index (χ0v) is 12.8. The molecule has 2 aromatic rings. The Morgan fingerprint density at radius 3 is 2.91 bits per heavy atom. The zero-order valence-electron chi connectivity index (χ0n) is 12.8. The third-order valence-electron chi connectivity index (χ3n) is 3.11. The van der Waals surface area contributed by atoms with Gasteiger partial charge in [0.05, 0.1) is 24.8 Å². The first-order valence-corrected chi connectivity index (χ1v) is 7.28. The molecule has 6 nitrogen and oxygen atoms in total. The average Bonchev–Trinajstić information content (AvgIpc) is 3.02. The van der Waals surface area contributed by atoms with Crippen molar-refractivity contribution in [1.29, 1.82) is 0 Å². The smallest absolute Gasteiger partial charge is 0.306 e. The summed E-state index contributed by atoms with van der Waals surface area (Å²) in [6.07, 6.45) is 6.36. The van der Waals surface area contributed by atoms with Crippen molar-refractivity contribution in [3.63, 3.8) is 0 Å². The number of benzene rings is 1. The fraction of sp³-hybridized carbons (Fsp3) is 0.235. The van der Waals surface area contributed by atoms with Gasteiger partial charge in [-0.3, -0.25) is 14.3 Å². The first kappa shape index (κ1) is 16.5. The molecule has 0 saturated carbocycles. The summed E-state index contributed by atoms with van der Waals surface area (Å²) >= 11 is 0. The maximum absolute atomic E-state index is 12.0. The standard InChI is InChI=1S/C17H18N2O4/c1-2-19-12-14(11-18-19)16(20)7-6-13-4-3-5-15(10-13)23-9-8-17(21)22/h3-7,10-12H,2,8-9H2,1H3,(H,21,22)/b7-6+. The highest BCUT2D eigenvalue weighted by Gasteiger charge is 2.05. The molecule has 1 aromatic heterocycles. The molecule has 0 bridgehead atoms. The number of aliphatic carboxylic acids is 1. The van der Waals surface area contributed by atoms with E-state index in [0.29, 0.717) is 17.9 Å². The van der Waals surface area contributed by atoms with Gasteiger partial charge in [0.1, 0.15) is 5.75 Å². The molecule has 23 heavy (non-hydrogen) atoms. The molecule has 1 aromatic carbocycles. The van der Waals surface area contributed by atoms with E-state index in [1.807, 2.05) is 13.0 Å². The van der Waals surface area contributed by atoms with Gasteiger partial charge in [-0.25, -0.2) is 0 Å². The van der Waals surface area contributed by atoms with E-state index in [9.17, 15) is 9.59 Å². The largest absolute Gasteiger partial charge is 0.493 e. The van der Waals surface area contributed by atoms with Crippen molar-refractivity contribution in [2.24, 2.45) is 0 Å². The third kappa shape index (κ3) is 5.10. The van der Waals surface area contributed by atoms with Gasteiger partial charge in [0, 0.05) is 12.7 Å². The maximum atomic E-state index is 12.0. The van der Waals surface area contributed by atoms with E-state index in [4.69, 9.17) is 9.84 Å². The Morgan fingerprint density at radius 2 is 2.22 bits per heavy atom. The molecule has 0 radical (unpaired) electrons. The Morgan fingerprint density at radius 1 is 1.39 bits per heavy atom. The Hall–Kier alpha value is -2.89. The van der Waals surface area contributed by atoms with Gasteiger partial charge in [-0.1, -0.05) is 18.2 Å². The number of carbonyl (C=O) groups is 2. The highest BCUT2D eigenvalue weighted by molar-refractivity contribution is 6.06.